The van der Waals surface area contributed by atoms with Crippen molar-refractivity contribution in [3.05, 3.63) is 95.3 Å². The van der Waals surface area contributed by atoms with Crippen molar-refractivity contribution in [1.29, 1.82) is 0 Å². The predicted octanol–water partition coefficient (Wildman–Crippen LogP) is 5.09. The number of rotatable bonds is 6. The second-order valence-corrected chi connectivity index (χ2v) is 9.23. The number of thioether (sulfide) groups is 1. The molecule has 4 rings (SSSR count). The molecule has 1 aliphatic heterocycles. The van der Waals surface area contributed by atoms with Crippen LogP contribution in [0, 0.1) is 18.7 Å². The van der Waals surface area contributed by atoms with Gasteiger partial charge in [0.25, 0.3) is 0 Å². The standard InChI is InChI=1S/C26H25FN2O2S/c1-17-7-9-20(10-8-17)16-29-22-5-3-4-6-23(22)32-24(26(29)31)18(2)25(30)28-15-19-11-13-21(27)14-12-19/h3-14,18,24H,15-16H2,1-2H3,(H,28,30). The minimum Gasteiger partial charge on any atom is -0.352 e. The van der Waals surface area contributed by atoms with Crippen LogP contribution in [0.2, 0.25) is 0 Å². The van der Waals surface area contributed by atoms with Crippen LogP contribution in [-0.4, -0.2) is 17.1 Å². The molecule has 0 aromatic heterocycles. The molecule has 1 N–H and O–H groups in total. The normalized spacial score (nSPS) is 16.4. The van der Waals surface area contributed by atoms with Gasteiger partial charge in [0.2, 0.25) is 11.8 Å². The first-order valence-electron chi connectivity index (χ1n) is 10.6. The number of nitrogens with one attached hydrogen (secondary N) is 1. The quantitative estimate of drug-likeness (QED) is 0.571. The van der Waals surface area contributed by atoms with E-state index >= 15 is 0 Å². The second-order valence-electron chi connectivity index (χ2n) is 8.05. The zero-order valence-electron chi connectivity index (χ0n) is 18.0. The van der Waals surface area contributed by atoms with E-state index in [0.29, 0.717) is 13.1 Å². The van der Waals surface area contributed by atoms with Crippen LogP contribution in [0.4, 0.5) is 10.1 Å². The summed E-state index contributed by atoms with van der Waals surface area (Å²) in [5.74, 6) is -1.11. The van der Waals surface area contributed by atoms with Crippen LogP contribution >= 0.6 is 11.8 Å². The summed E-state index contributed by atoms with van der Waals surface area (Å²) >= 11 is 1.44. The van der Waals surface area contributed by atoms with E-state index < -0.39 is 11.2 Å². The van der Waals surface area contributed by atoms with Crippen molar-refractivity contribution < 1.29 is 14.0 Å². The van der Waals surface area contributed by atoms with Crippen LogP contribution in [0.15, 0.2) is 77.7 Å². The lowest BCUT2D eigenvalue weighted by molar-refractivity contribution is -0.128. The summed E-state index contributed by atoms with van der Waals surface area (Å²) in [7, 11) is 0. The van der Waals surface area contributed by atoms with Crippen molar-refractivity contribution in [3.8, 4) is 0 Å². The molecule has 32 heavy (non-hydrogen) atoms. The fraction of sp³-hybridized carbons (Fsp3) is 0.231. The van der Waals surface area contributed by atoms with E-state index in [9.17, 15) is 14.0 Å². The zero-order valence-corrected chi connectivity index (χ0v) is 18.9. The van der Waals surface area contributed by atoms with Crippen molar-refractivity contribution in [1.82, 2.24) is 5.32 Å². The summed E-state index contributed by atoms with van der Waals surface area (Å²) in [5, 5.41) is 2.36. The molecule has 0 fully saturated rings. The Labute approximate surface area is 191 Å². The van der Waals surface area contributed by atoms with E-state index in [4.69, 9.17) is 0 Å². The van der Waals surface area contributed by atoms with E-state index in [-0.39, 0.29) is 17.6 Å². The number of carbonyl (C=O) groups is 2. The number of benzene rings is 3. The summed E-state index contributed by atoms with van der Waals surface area (Å²) in [6, 6.07) is 21.9. The van der Waals surface area contributed by atoms with Gasteiger partial charge in [-0.05, 0) is 42.3 Å². The lowest BCUT2D eigenvalue weighted by Gasteiger charge is -2.35. The van der Waals surface area contributed by atoms with Gasteiger partial charge in [0.15, 0.2) is 0 Å². The molecule has 6 heteroatoms. The van der Waals surface area contributed by atoms with Crippen molar-refractivity contribution in [2.45, 2.75) is 37.1 Å². The Kier molecular flexibility index (Phi) is 6.61. The number of halogens is 1. The molecule has 0 spiro atoms. The molecule has 0 saturated carbocycles. The molecule has 2 amide bonds. The Balaban J connectivity index is 1.51. The average molecular weight is 449 g/mol. The lowest BCUT2D eigenvalue weighted by Crippen LogP contribution is -2.47. The summed E-state index contributed by atoms with van der Waals surface area (Å²) < 4.78 is 13.1. The molecular weight excluding hydrogens is 423 g/mol. The van der Waals surface area contributed by atoms with Gasteiger partial charge in [-0.2, -0.15) is 0 Å². The van der Waals surface area contributed by atoms with Gasteiger partial charge in [0.05, 0.1) is 18.2 Å². The van der Waals surface area contributed by atoms with Crippen LogP contribution in [0.1, 0.15) is 23.6 Å². The molecule has 1 aliphatic rings. The van der Waals surface area contributed by atoms with Crippen LogP contribution in [0.25, 0.3) is 0 Å². The van der Waals surface area contributed by atoms with Crippen LogP contribution in [-0.2, 0) is 22.7 Å². The molecule has 0 bridgehead atoms. The fourth-order valence-corrected chi connectivity index (χ4v) is 4.97. The van der Waals surface area contributed by atoms with Gasteiger partial charge in [0.1, 0.15) is 11.1 Å². The third-order valence-electron chi connectivity index (χ3n) is 5.63. The maximum Gasteiger partial charge on any atom is 0.241 e. The van der Waals surface area contributed by atoms with Gasteiger partial charge in [0, 0.05) is 11.4 Å². The van der Waals surface area contributed by atoms with E-state index in [1.54, 1.807) is 24.0 Å². The number of hydrogen-bond donors (Lipinski definition) is 1. The molecule has 4 nitrogen and oxygen atoms in total. The summed E-state index contributed by atoms with van der Waals surface area (Å²) in [5.41, 5.74) is 3.89. The van der Waals surface area contributed by atoms with Gasteiger partial charge in [-0.3, -0.25) is 9.59 Å². The van der Waals surface area contributed by atoms with Gasteiger partial charge < -0.3 is 10.2 Å². The monoisotopic (exact) mass is 448 g/mol. The van der Waals surface area contributed by atoms with E-state index in [0.717, 1.165) is 21.7 Å². The van der Waals surface area contributed by atoms with Gasteiger partial charge in [-0.15, -0.1) is 11.8 Å². The number of aryl methyl sites for hydroxylation is 1. The summed E-state index contributed by atoms with van der Waals surface area (Å²) in [6.45, 7) is 4.56. The van der Waals surface area contributed by atoms with Gasteiger partial charge >= 0.3 is 0 Å². The molecule has 1 heterocycles. The van der Waals surface area contributed by atoms with Gasteiger partial charge in [-0.25, -0.2) is 4.39 Å². The smallest absolute Gasteiger partial charge is 0.241 e. The summed E-state index contributed by atoms with van der Waals surface area (Å²) in [4.78, 5) is 29.1. The van der Waals surface area contributed by atoms with E-state index in [1.807, 2.05) is 55.5 Å². The largest absolute Gasteiger partial charge is 0.352 e. The minimum atomic E-state index is -0.526. The Morgan fingerprint density at radius 1 is 1.03 bits per heavy atom. The Hall–Kier alpha value is -3.12. The van der Waals surface area contributed by atoms with Crippen molar-refractivity contribution in [2.24, 2.45) is 5.92 Å². The van der Waals surface area contributed by atoms with Gasteiger partial charge in [-0.1, -0.05) is 61.0 Å². The first-order valence-corrected chi connectivity index (χ1v) is 11.4. The first-order chi connectivity index (χ1) is 15.4. The second kappa shape index (κ2) is 9.57. The number of nitrogens with zero attached hydrogens (tertiary/aromatic N) is 1. The molecule has 3 aromatic carbocycles. The highest BCUT2D eigenvalue weighted by molar-refractivity contribution is 8.01. The molecule has 2 atom stereocenters. The Morgan fingerprint density at radius 3 is 2.41 bits per heavy atom. The predicted molar refractivity (Wildman–Crippen MR) is 126 cm³/mol. The maximum atomic E-state index is 13.5. The topological polar surface area (TPSA) is 49.4 Å². The molecule has 3 aromatic rings. The molecule has 0 aliphatic carbocycles. The van der Waals surface area contributed by atoms with Crippen LogP contribution in [0.5, 0.6) is 0 Å². The number of hydrogen-bond acceptors (Lipinski definition) is 3. The molecule has 0 saturated heterocycles. The fourth-order valence-electron chi connectivity index (χ4n) is 3.68. The van der Waals surface area contributed by atoms with Crippen molar-refractivity contribution >= 4 is 29.3 Å². The first kappa shape index (κ1) is 22.1. The maximum absolute atomic E-state index is 13.5. The number of para-hydroxylation sites is 1. The SMILES string of the molecule is Cc1ccc(CN2C(=O)C(C(C)C(=O)NCc3ccc(F)cc3)Sc3ccccc32)cc1. The molecule has 2 unspecified atom stereocenters. The number of amides is 2. The number of fused-ring (bicyclic) bond motifs is 1. The third-order valence-corrected chi connectivity index (χ3v) is 7.09. The third kappa shape index (κ3) is 4.86. The average Bonchev–Trinajstić information content (AvgIpc) is 2.81. The highest BCUT2D eigenvalue weighted by atomic mass is 32.2. The van der Waals surface area contributed by atoms with E-state index in [2.05, 4.69) is 5.32 Å². The highest BCUT2D eigenvalue weighted by Crippen LogP contribution is 2.42. The summed E-state index contributed by atoms with van der Waals surface area (Å²) in [6.07, 6.45) is 0. The zero-order chi connectivity index (χ0) is 22.7. The molecule has 164 valence electrons. The minimum absolute atomic E-state index is 0.0706. The van der Waals surface area contributed by atoms with E-state index in [1.165, 1.54) is 29.5 Å². The van der Waals surface area contributed by atoms with Crippen molar-refractivity contribution in [3.63, 3.8) is 0 Å². The highest BCUT2D eigenvalue weighted by Gasteiger charge is 2.39. The number of anilines is 1. The van der Waals surface area contributed by atoms with Crippen LogP contribution < -0.4 is 10.2 Å². The number of carbonyl (C=O) groups excluding carboxylic acids is 2. The molecule has 0 radical (unpaired) electrons. The molecular formula is C26H25FN2O2S. The Bertz CT molecular complexity index is 1120. The van der Waals surface area contributed by atoms with Crippen LogP contribution in [0.3, 0.4) is 0 Å². The lowest BCUT2D eigenvalue weighted by atomic mass is 10.0. The van der Waals surface area contributed by atoms with Crippen molar-refractivity contribution in [2.75, 3.05) is 4.90 Å². The Morgan fingerprint density at radius 2 is 1.69 bits per heavy atom.